The highest BCUT2D eigenvalue weighted by atomic mass is 32.2. The molecule has 1 fully saturated rings. The van der Waals surface area contributed by atoms with Crippen molar-refractivity contribution in [2.75, 3.05) is 23.1 Å². The number of aliphatic carboxylic acids is 1. The molecule has 0 aliphatic carbocycles. The van der Waals surface area contributed by atoms with Crippen LogP contribution in [0.5, 0.6) is 0 Å². The standard InChI is InChI=1S/C31H37N5O6S2/c1-31(2)28(36(21-43-31)44(41,42)24-10-4-3-5-11-24)29(38)35-25(30(39)40)20-22-14-16-23(17-15-22)34-27(37)13-7-9-19-33-26-12-6-8-18-32-26/h3-6,8,10-12,14-18,25,28H,7,9,13,19-21H2,1-2H3,(H,32,33)(H,34,37)(H,35,38)(H,39,40)/t25-,28+/m0/s1. The van der Waals surface area contributed by atoms with E-state index in [2.05, 4.69) is 20.9 Å². The third kappa shape index (κ3) is 8.58. The second-order valence-corrected chi connectivity index (χ2v) is 14.4. The summed E-state index contributed by atoms with van der Waals surface area (Å²) in [6.07, 6.45) is 3.54. The molecule has 44 heavy (non-hydrogen) atoms. The molecule has 0 saturated carbocycles. The van der Waals surface area contributed by atoms with E-state index < -0.39 is 38.7 Å². The SMILES string of the molecule is CC1(C)SCN(S(=O)(=O)c2ccccc2)[C@@H]1C(=O)N[C@@H](Cc1ccc(NC(=O)CCCCNc2ccccn2)cc1)C(=O)O. The molecule has 0 radical (unpaired) electrons. The van der Waals surface area contributed by atoms with Crippen LogP contribution in [0.2, 0.25) is 0 Å². The fraction of sp³-hybridized carbons (Fsp3) is 0.355. The number of nitrogens with one attached hydrogen (secondary N) is 3. The summed E-state index contributed by atoms with van der Waals surface area (Å²) in [5, 5.41) is 18.5. The van der Waals surface area contributed by atoms with E-state index in [-0.39, 0.29) is 23.1 Å². The number of pyridine rings is 1. The van der Waals surface area contributed by atoms with E-state index in [4.69, 9.17) is 0 Å². The molecule has 1 aromatic heterocycles. The van der Waals surface area contributed by atoms with Gasteiger partial charge in [0.05, 0.1) is 10.8 Å². The van der Waals surface area contributed by atoms with Gasteiger partial charge in [-0.05, 0) is 68.7 Å². The molecule has 13 heteroatoms. The van der Waals surface area contributed by atoms with Crippen LogP contribution in [-0.2, 0) is 30.8 Å². The molecular formula is C31H37N5O6S2. The van der Waals surface area contributed by atoms with Crippen molar-refractivity contribution in [1.82, 2.24) is 14.6 Å². The molecule has 2 aromatic carbocycles. The Labute approximate surface area is 261 Å². The highest BCUT2D eigenvalue weighted by Crippen LogP contribution is 2.42. The average Bonchev–Trinajstić information content (AvgIpc) is 3.34. The molecule has 2 heterocycles. The van der Waals surface area contributed by atoms with Crippen LogP contribution >= 0.6 is 11.8 Å². The van der Waals surface area contributed by atoms with Crippen LogP contribution in [0.4, 0.5) is 11.5 Å². The highest BCUT2D eigenvalue weighted by molar-refractivity contribution is 8.02. The number of unbranched alkanes of at least 4 members (excludes halogenated alkanes) is 1. The van der Waals surface area contributed by atoms with Crippen molar-refractivity contribution in [3.05, 3.63) is 84.6 Å². The summed E-state index contributed by atoms with van der Waals surface area (Å²) < 4.78 is 27.1. The number of amides is 2. The molecule has 1 aliphatic rings. The number of hydrogen-bond donors (Lipinski definition) is 4. The Morgan fingerprint density at radius 2 is 1.73 bits per heavy atom. The van der Waals surface area contributed by atoms with E-state index in [0.29, 0.717) is 30.6 Å². The van der Waals surface area contributed by atoms with E-state index in [1.165, 1.54) is 23.9 Å². The van der Waals surface area contributed by atoms with Crippen LogP contribution in [0.1, 0.15) is 38.7 Å². The number of carbonyl (C=O) groups is 3. The average molecular weight is 640 g/mol. The third-order valence-electron chi connectivity index (χ3n) is 7.20. The van der Waals surface area contributed by atoms with Gasteiger partial charge in [0.15, 0.2) is 0 Å². The maximum Gasteiger partial charge on any atom is 0.326 e. The summed E-state index contributed by atoms with van der Waals surface area (Å²) in [7, 11) is -3.99. The lowest BCUT2D eigenvalue weighted by Crippen LogP contribution is -2.56. The number of aromatic nitrogens is 1. The zero-order chi connectivity index (χ0) is 31.7. The Balaban J connectivity index is 1.31. The molecule has 0 unspecified atom stereocenters. The fourth-order valence-corrected chi connectivity index (χ4v) is 8.03. The van der Waals surface area contributed by atoms with E-state index in [9.17, 15) is 27.9 Å². The minimum absolute atomic E-state index is 0.0235. The molecule has 3 aromatic rings. The number of carboxylic acids is 1. The quantitative estimate of drug-likeness (QED) is 0.192. The van der Waals surface area contributed by atoms with E-state index >= 15 is 0 Å². The van der Waals surface area contributed by atoms with Crippen LogP contribution in [0.25, 0.3) is 0 Å². The molecule has 0 bridgehead atoms. The second kappa shape index (κ2) is 14.7. The van der Waals surface area contributed by atoms with Crippen molar-refractivity contribution >= 4 is 51.1 Å². The Morgan fingerprint density at radius 1 is 1.02 bits per heavy atom. The van der Waals surface area contributed by atoms with Gasteiger partial charge >= 0.3 is 5.97 Å². The van der Waals surface area contributed by atoms with Crippen LogP contribution in [0, 0.1) is 0 Å². The fourth-order valence-electron chi connectivity index (χ4n) is 4.84. The molecule has 11 nitrogen and oxygen atoms in total. The summed E-state index contributed by atoms with van der Waals surface area (Å²) in [5.74, 6) is -1.19. The number of carbonyl (C=O) groups excluding carboxylic acids is 2. The molecule has 234 valence electrons. The number of thioether (sulfide) groups is 1. The molecule has 1 aliphatic heterocycles. The molecule has 2 amide bonds. The summed E-state index contributed by atoms with van der Waals surface area (Å²) in [4.78, 5) is 42.2. The van der Waals surface area contributed by atoms with Gasteiger partial charge in [0, 0.05) is 36.0 Å². The van der Waals surface area contributed by atoms with E-state index in [1.807, 2.05) is 18.2 Å². The van der Waals surface area contributed by atoms with E-state index in [0.717, 1.165) is 16.5 Å². The lowest BCUT2D eigenvalue weighted by molar-refractivity contribution is -0.142. The molecule has 0 spiro atoms. The summed E-state index contributed by atoms with van der Waals surface area (Å²) in [6, 6.07) is 17.8. The number of rotatable bonds is 14. The largest absolute Gasteiger partial charge is 0.480 e. The van der Waals surface area contributed by atoms with E-state index in [1.54, 1.807) is 62.5 Å². The maximum atomic E-state index is 13.5. The topological polar surface area (TPSA) is 158 Å². The monoisotopic (exact) mass is 639 g/mol. The Bertz CT molecular complexity index is 1540. The van der Waals surface area contributed by atoms with Gasteiger partial charge in [-0.15, -0.1) is 11.8 Å². The van der Waals surface area contributed by atoms with Crippen molar-refractivity contribution < 1.29 is 27.9 Å². The Morgan fingerprint density at radius 3 is 2.39 bits per heavy atom. The molecule has 1 saturated heterocycles. The van der Waals surface area contributed by atoms with Crippen LogP contribution in [0.3, 0.4) is 0 Å². The van der Waals surface area contributed by atoms with Gasteiger partial charge in [-0.25, -0.2) is 18.2 Å². The molecule has 4 N–H and O–H groups in total. The van der Waals surface area contributed by atoms with Gasteiger partial charge in [-0.1, -0.05) is 36.4 Å². The number of nitrogens with zero attached hydrogens (tertiary/aromatic N) is 2. The second-order valence-electron chi connectivity index (χ2n) is 10.9. The smallest absolute Gasteiger partial charge is 0.326 e. The molecular weight excluding hydrogens is 603 g/mol. The van der Waals surface area contributed by atoms with Gasteiger partial charge in [0.1, 0.15) is 17.9 Å². The first kappa shape index (κ1) is 33.0. The van der Waals surface area contributed by atoms with Gasteiger partial charge in [-0.3, -0.25) is 9.59 Å². The first-order chi connectivity index (χ1) is 21.0. The van der Waals surface area contributed by atoms with Gasteiger partial charge < -0.3 is 21.1 Å². The van der Waals surface area contributed by atoms with Crippen LogP contribution < -0.4 is 16.0 Å². The minimum Gasteiger partial charge on any atom is -0.480 e. The zero-order valence-electron chi connectivity index (χ0n) is 24.6. The summed E-state index contributed by atoms with van der Waals surface area (Å²) in [5.41, 5.74) is 1.21. The van der Waals surface area contributed by atoms with Crippen molar-refractivity contribution in [3.63, 3.8) is 0 Å². The van der Waals surface area contributed by atoms with Crippen molar-refractivity contribution in [1.29, 1.82) is 0 Å². The van der Waals surface area contributed by atoms with Crippen molar-refractivity contribution in [2.45, 2.75) is 61.3 Å². The highest BCUT2D eigenvalue weighted by Gasteiger charge is 2.51. The molecule has 2 atom stereocenters. The normalized spacial score (nSPS) is 17.0. The van der Waals surface area contributed by atoms with Crippen molar-refractivity contribution in [2.24, 2.45) is 0 Å². The van der Waals surface area contributed by atoms with Crippen molar-refractivity contribution in [3.8, 4) is 0 Å². The maximum absolute atomic E-state index is 13.5. The first-order valence-corrected chi connectivity index (χ1v) is 16.7. The summed E-state index contributed by atoms with van der Waals surface area (Å²) >= 11 is 1.32. The van der Waals surface area contributed by atoms with Gasteiger partial charge in [0.25, 0.3) is 0 Å². The number of benzene rings is 2. The summed E-state index contributed by atoms with van der Waals surface area (Å²) in [6.45, 7) is 4.24. The molecule has 4 rings (SSSR count). The van der Waals surface area contributed by atoms with Gasteiger partial charge in [0.2, 0.25) is 21.8 Å². The van der Waals surface area contributed by atoms with Crippen LogP contribution in [0.15, 0.2) is 83.9 Å². The van der Waals surface area contributed by atoms with Gasteiger partial charge in [-0.2, -0.15) is 4.31 Å². The van der Waals surface area contributed by atoms with Crippen LogP contribution in [-0.4, -0.2) is 69.8 Å². The number of anilines is 2. The number of hydrogen-bond acceptors (Lipinski definition) is 8. The lowest BCUT2D eigenvalue weighted by Gasteiger charge is -2.31. The predicted molar refractivity (Wildman–Crippen MR) is 171 cm³/mol. The number of sulfonamides is 1. The third-order valence-corrected chi connectivity index (χ3v) is 10.6. The number of carboxylic acid groups (broad SMARTS) is 1. The Hall–Kier alpha value is -3.94. The minimum atomic E-state index is -3.99. The predicted octanol–water partition coefficient (Wildman–Crippen LogP) is 3.96. The Kier molecular flexibility index (Phi) is 11.0. The zero-order valence-corrected chi connectivity index (χ0v) is 26.2. The first-order valence-electron chi connectivity index (χ1n) is 14.2. The lowest BCUT2D eigenvalue weighted by atomic mass is 10.0.